The van der Waals surface area contributed by atoms with E-state index in [1.54, 1.807) is 24.6 Å². The molecule has 0 atom stereocenters. The van der Waals surface area contributed by atoms with E-state index in [0.29, 0.717) is 5.95 Å². The van der Waals surface area contributed by atoms with Gasteiger partial charge in [-0.2, -0.15) is 0 Å². The molecule has 0 aliphatic rings. The Balaban J connectivity index is 1.28. The van der Waals surface area contributed by atoms with Gasteiger partial charge >= 0.3 is 0 Å². The lowest BCUT2D eigenvalue weighted by atomic mass is 10.1. The van der Waals surface area contributed by atoms with Crippen molar-refractivity contribution in [1.29, 1.82) is 0 Å². The summed E-state index contributed by atoms with van der Waals surface area (Å²) in [7, 11) is 1.64. The molecule has 0 saturated carbocycles. The number of imidazole rings is 2. The second kappa shape index (κ2) is 9.70. The minimum absolute atomic E-state index is 0.475. The van der Waals surface area contributed by atoms with E-state index in [0.717, 1.165) is 62.3 Å². The van der Waals surface area contributed by atoms with Crippen molar-refractivity contribution >= 4 is 39.0 Å². The van der Waals surface area contributed by atoms with E-state index in [2.05, 4.69) is 44.0 Å². The standard InChI is InChI=1S/C30H23N7OS/c1-38-25-10-6-5-9-22(25)34-29-31-14-13-23(35-29)28-27(36-30-37(28)15-16-39-30)20-11-12-21-24(18-20)33-26(32-21)17-19-7-3-2-4-8-19/h2-16,18H,17H2,1H3,(H,32,33)(H,31,34,35). The maximum absolute atomic E-state index is 5.48. The van der Waals surface area contributed by atoms with Gasteiger partial charge in [-0.05, 0) is 35.9 Å². The Bertz CT molecular complexity index is 1920. The molecule has 0 amide bonds. The lowest BCUT2D eigenvalue weighted by Gasteiger charge is -2.10. The maximum Gasteiger partial charge on any atom is 0.227 e. The van der Waals surface area contributed by atoms with Crippen LogP contribution < -0.4 is 10.1 Å². The number of aromatic amines is 1. The second-order valence-corrected chi connectivity index (χ2v) is 9.91. The third-order valence-electron chi connectivity index (χ3n) is 6.53. The van der Waals surface area contributed by atoms with Crippen LogP contribution in [0.1, 0.15) is 11.4 Å². The highest BCUT2D eigenvalue weighted by molar-refractivity contribution is 7.15. The Morgan fingerprint density at radius 1 is 0.949 bits per heavy atom. The quantitative estimate of drug-likeness (QED) is 0.238. The number of H-pyrrole nitrogens is 1. The number of methoxy groups -OCH3 is 1. The van der Waals surface area contributed by atoms with E-state index in [1.807, 2.05) is 66.2 Å². The van der Waals surface area contributed by atoms with Gasteiger partial charge in [0, 0.05) is 29.8 Å². The normalized spacial score (nSPS) is 11.3. The lowest BCUT2D eigenvalue weighted by Crippen LogP contribution is -2.00. The number of benzene rings is 3. The van der Waals surface area contributed by atoms with Crippen molar-refractivity contribution in [3.05, 3.63) is 108 Å². The van der Waals surface area contributed by atoms with Crippen LogP contribution in [0.15, 0.2) is 96.6 Å². The number of hydrogen-bond acceptors (Lipinski definition) is 7. The van der Waals surface area contributed by atoms with Crippen molar-refractivity contribution in [3.8, 4) is 28.4 Å². The number of anilines is 2. The van der Waals surface area contributed by atoms with Crippen LogP contribution in [0.25, 0.3) is 38.6 Å². The highest BCUT2D eigenvalue weighted by Crippen LogP contribution is 2.35. The molecule has 2 N–H and O–H groups in total. The molecule has 3 aromatic carbocycles. The molecule has 0 spiro atoms. The van der Waals surface area contributed by atoms with E-state index in [4.69, 9.17) is 19.7 Å². The van der Waals surface area contributed by atoms with Gasteiger partial charge in [0.1, 0.15) is 17.3 Å². The molecule has 7 aromatic rings. The van der Waals surface area contributed by atoms with Crippen LogP contribution in [0, 0.1) is 0 Å². The van der Waals surface area contributed by atoms with E-state index in [9.17, 15) is 0 Å². The topological polar surface area (TPSA) is 93.0 Å². The number of aromatic nitrogens is 6. The average molecular weight is 530 g/mol. The first-order valence-electron chi connectivity index (χ1n) is 12.5. The number of para-hydroxylation sites is 2. The van der Waals surface area contributed by atoms with Crippen molar-refractivity contribution < 1.29 is 4.74 Å². The van der Waals surface area contributed by atoms with Crippen molar-refractivity contribution in [2.24, 2.45) is 0 Å². The number of ether oxygens (including phenoxy) is 1. The summed E-state index contributed by atoms with van der Waals surface area (Å²) in [4.78, 5) is 23.5. The molecule has 0 unspecified atom stereocenters. The Labute approximate surface area is 228 Å². The molecule has 4 aromatic heterocycles. The third kappa shape index (κ3) is 4.38. The van der Waals surface area contributed by atoms with Gasteiger partial charge in [-0.3, -0.25) is 4.40 Å². The summed E-state index contributed by atoms with van der Waals surface area (Å²) in [6, 6.07) is 26.2. The molecule has 0 saturated heterocycles. The van der Waals surface area contributed by atoms with Gasteiger partial charge in [-0.25, -0.2) is 19.9 Å². The smallest absolute Gasteiger partial charge is 0.227 e. The highest BCUT2D eigenvalue weighted by atomic mass is 32.1. The summed E-state index contributed by atoms with van der Waals surface area (Å²) in [5.41, 5.74) is 7.42. The first kappa shape index (κ1) is 23.1. The van der Waals surface area contributed by atoms with Crippen LogP contribution in [-0.4, -0.2) is 36.4 Å². The molecular formula is C30H23N7OS. The molecule has 4 heterocycles. The number of fused-ring (bicyclic) bond motifs is 2. The SMILES string of the molecule is COc1ccccc1Nc1nccc(-c2c(-c3ccc4nc(Cc5ccccc5)[nH]c4c3)nc3sccn23)n1. The summed E-state index contributed by atoms with van der Waals surface area (Å²) in [6.07, 6.45) is 4.52. The van der Waals surface area contributed by atoms with E-state index >= 15 is 0 Å². The number of hydrogen-bond donors (Lipinski definition) is 2. The molecule has 0 radical (unpaired) electrons. The van der Waals surface area contributed by atoms with Crippen molar-refractivity contribution in [3.63, 3.8) is 0 Å². The first-order valence-corrected chi connectivity index (χ1v) is 13.3. The number of thiazole rings is 1. The molecule has 7 rings (SSSR count). The van der Waals surface area contributed by atoms with E-state index in [-0.39, 0.29) is 0 Å². The van der Waals surface area contributed by atoms with Gasteiger partial charge in [0.2, 0.25) is 5.95 Å². The fraction of sp³-hybridized carbons (Fsp3) is 0.0667. The predicted molar refractivity (Wildman–Crippen MR) is 155 cm³/mol. The van der Waals surface area contributed by atoms with Crippen LogP contribution >= 0.6 is 11.3 Å². The number of nitrogens with one attached hydrogen (secondary N) is 2. The van der Waals surface area contributed by atoms with Crippen molar-refractivity contribution in [2.45, 2.75) is 6.42 Å². The van der Waals surface area contributed by atoms with Crippen LogP contribution in [-0.2, 0) is 6.42 Å². The third-order valence-corrected chi connectivity index (χ3v) is 7.29. The fourth-order valence-corrected chi connectivity index (χ4v) is 5.45. The number of nitrogens with zero attached hydrogens (tertiary/aromatic N) is 5. The Morgan fingerprint density at radius 2 is 1.82 bits per heavy atom. The Kier molecular flexibility index (Phi) is 5.75. The molecule has 0 aliphatic heterocycles. The van der Waals surface area contributed by atoms with Gasteiger partial charge in [0.15, 0.2) is 4.96 Å². The van der Waals surface area contributed by atoms with Crippen LogP contribution in [0.4, 0.5) is 11.6 Å². The van der Waals surface area contributed by atoms with E-state index in [1.165, 1.54) is 5.56 Å². The predicted octanol–water partition coefficient (Wildman–Crippen LogP) is 6.74. The molecular weight excluding hydrogens is 506 g/mol. The van der Waals surface area contributed by atoms with Crippen LogP contribution in [0.5, 0.6) is 5.75 Å². The van der Waals surface area contributed by atoms with Crippen LogP contribution in [0.2, 0.25) is 0 Å². The Morgan fingerprint density at radius 3 is 2.72 bits per heavy atom. The van der Waals surface area contributed by atoms with Crippen LogP contribution in [0.3, 0.4) is 0 Å². The summed E-state index contributed by atoms with van der Waals surface area (Å²) in [5.74, 6) is 2.13. The minimum atomic E-state index is 0.475. The summed E-state index contributed by atoms with van der Waals surface area (Å²) < 4.78 is 7.55. The van der Waals surface area contributed by atoms with Gasteiger partial charge in [0.25, 0.3) is 0 Å². The summed E-state index contributed by atoms with van der Waals surface area (Å²) in [5, 5.41) is 5.31. The molecule has 0 aliphatic carbocycles. The molecule has 9 heteroatoms. The maximum atomic E-state index is 5.48. The highest BCUT2D eigenvalue weighted by Gasteiger charge is 2.19. The zero-order valence-electron chi connectivity index (χ0n) is 21.0. The van der Waals surface area contributed by atoms with Gasteiger partial charge in [0.05, 0.1) is 35.2 Å². The second-order valence-electron chi connectivity index (χ2n) is 9.03. The average Bonchev–Trinajstić information content (AvgIpc) is 3.68. The lowest BCUT2D eigenvalue weighted by molar-refractivity contribution is 0.417. The molecule has 8 nitrogen and oxygen atoms in total. The molecule has 39 heavy (non-hydrogen) atoms. The van der Waals surface area contributed by atoms with Crippen molar-refractivity contribution in [2.75, 3.05) is 12.4 Å². The zero-order chi connectivity index (χ0) is 26.2. The van der Waals surface area contributed by atoms with Gasteiger partial charge in [-0.15, -0.1) is 11.3 Å². The summed E-state index contributed by atoms with van der Waals surface area (Å²) >= 11 is 1.59. The van der Waals surface area contributed by atoms with Gasteiger partial charge < -0.3 is 15.0 Å². The fourth-order valence-electron chi connectivity index (χ4n) is 4.73. The zero-order valence-corrected chi connectivity index (χ0v) is 21.8. The molecule has 0 fully saturated rings. The van der Waals surface area contributed by atoms with E-state index < -0.39 is 0 Å². The minimum Gasteiger partial charge on any atom is -0.495 e. The van der Waals surface area contributed by atoms with Gasteiger partial charge in [-0.1, -0.05) is 48.5 Å². The van der Waals surface area contributed by atoms with Crippen molar-refractivity contribution in [1.82, 2.24) is 29.3 Å². The summed E-state index contributed by atoms with van der Waals surface area (Å²) in [6.45, 7) is 0. The molecule has 190 valence electrons. The first-order chi connectivity index (χ1) is 19.2. The Hall–Kier alpha value is -5.02. The monoisotopic (exact) mass is 529 g/mol. The molecule has 0 bridgehead atoms. The largest absolute Gasteiger partial charge is 0.495 e. The number of rotatable bonds is 7.